The molecule has 1 N–H and O–H groups in total. The van der Waals surface area contributed by atoms with Gasteiger partial charge in [-0.05, 0) is 43.3 Å². The maximum atomic E-state index is 11.8. The molecular weight excluding hydrogens is 254 g/mol. The van der Waals surface area contributed by atoms with Crippen molar-refractivity contribution in [1.82, 2.24) is 0 Å². The number of aryl methyl sites for hydroxylation is 1. The summed E-state index contributed by atoms with van der Waals surface area (Å²) in [5.41, 5.74) is 1.46. The first-order chi connectivity index (χ1) is 9.70. The van der Waals surface area contributed by atoms with Crippen molar-refractivity contribution in [3.63, 3.8) is 0 Å². The Morgan fingerprint density at radius 1 is 1.10 bits per heavy atom. The molecule has 0 unspecified atom stereocenters. The molecule has 0 atom stereocenters. The van der Waals surface area contributed by atoms with Crippen LogP contribution in [0.1, 0.15) is 5.76 Å². The van der Waals surface area contributed by atoms with Gasteiger partial charge in [0.15, 0.2) is 0 Å². The van der Waals surface area contributed by atoms with Gasteiger partial charge in [0.2, 0.25) is 0 Å². The minimum Gasteiger partial charge on any atom is -0.461 e. The van der Waals surface area contributed by atoms with E-state index in [1.807, 2.05) is 43.3 Å². The van der Waals surface area contributed by atoms with E-state index in [9.17, 15) is 4.79 Å². The molecule has 2 aromatic carbocycles. The van der Waals surface area contributed by atoms with Crippen LogP contribution < -0.4 is 10.1 Å². The highest BCUT2D eigenvalue weighted by Gasteiger charge is 2.06. The van der Waals surface area contributed by atoms with Gasteiger partial charge in [-0.3, -0.25) is 5.32 Å². The lowest BCUT2D eigenvalue weighted by molar-refractivity contribution is 0.215. The van der Waals surface area contributed by atoms with Gasteiger partial charge in [0.05, 0.1) is 0 Å². The third kappa shape index (κ3) is 2.64. The van der Waals surface area contributed by atoms with Gasteiger partial charge in [-0.2, -0.15) is 0 Å². The smallest absolute Gasteiger partial charge is 0.417 e. The van der Waals surface area contributed by atoms with E-state index in [-0.39, 0.29) is 0 Å². The van der Waals surface area contributed by atoms with Crippen LogP contribution in [-0.2, 0) is 0 Å². The van der Waals surface area contributed by atoms with Crippen LogP contribution in [0.5, 0.6) is 5.75 Å². The van der Waals surface area contributed by atoms with Gasteiger partial charge >= 0.3 is 6.09 Å². The van der Waals surface area contributed by atoms with Gasteiger partial charge < -0.3 is 9.15 Å². The van der Waals surface area contributed by atoms with E-state index >= 15 is 0 Å². The predicted octanol–water partition coefficient (Wildman–Crippen LogP) is 4.35. The van der Waals surface area contributed by atoms with Gasteiger partial charge in [0.1, 0.15) is 17.1 Å². The highest BCUT2D eigenvalue weighted by molar-refractivity contribution is 5.90. The van der Waals surface area contributed by atoms with E-state index < -0.39 is 6.09 Å². The molecule has 0 aliphatic heterocycles. The number of hydrogen-bond acceptors (Lipinski definition) is 3. The van der Waals surface area contributed by atoms with Crippen LogP contribution in [0.2, 0.25) is 0 Å². The summed E-state index contributed by atoms with van der Waals surface area (Å²) in [4.78, 5) is 11.8. The summed E-state index contributed by atoms with van der Waals surface area (Å²) >= 11 is 0. The lowest BCUT2D eigenvalue weighted by atomic mass is 10.2. The molecule has 0 bridgehead atoms. The fourth-order valence-corrected chi connectivity index (χ4v) is 1.99. The third-order valence-corrected chi connectivity index (χ3v) is 2.84. The van der Waals surface area contributed by atoms with E-state index in [0.29, 0.717) is 11.4 Å². The number of ether oxygens (including phenoxy) is 1. The molecule has 0 radical (unpaired) electrons. The molecular formula is C16H13NO3. The fourth-order valence-electron chi connectivity index (χ4n) is 1.99. The normalized spacial score (nSPS) is 10.4. The first-order valence-electron chi connectivity index (χ1n) is 6.25. The molecule has 3 rings (SSSR count). The summed E-state index contributed by atoms with van der Waals surface area (Å²) in [6.45, 7) is 1.89. The number of carbonyl (C=O) groups excluding carboxylic acids is 1. The number of nitrogens with one attached hydrogen (secondary N) is 1. The topological polar surface area (TPSA) is 51.5 Å². The Morgan fingerprint density at radius 2 is 1.90 bits per heavy atom. The van der Waals surface area contributed by atoms with Gasteiger partial charge in [0.25, 0.3) is 0 Å². The van der Waals surface area contributed by atoms with Crippen LogP contribution in [0.25, 0.3) is 11.0 Å². The summed E-state index contributed by atoms with van der Waals surface area (Å²) in [5.74, 6) is 1.34. The molecule has 0 aliphatic rings. The molecule has 4 nitrogen and oxygen atoms in total. The zero-order valence-corrected chi connectivity index (χ0v) is 10.9. The van der Waals surface area contributed by atoms with Gasteiger partial charge in [-0.15, -0.1) is 0 Å². The lowest BCUT2D eigenvalue weighted by Crippen LogP contribution is -2.16. The van der Waals surface area contributed by atoms with E-state index in [1.54, 1.807) is 18.2 Å². The Kier molecular flexibility index (Phi) is 3.13. The predicted molar refractivity (Wildman–Crippen MR) is 77.0 cm³/mol. The van der Waals surface area contributed by atoms with Crippen molar-refractivity contribution in [2.24, 2.45) is 0 Å². The van der Waals surface area contributed by atoms with Crippen molar-refractivity contribution >= 4 is 22.7 Å². The van der Waals surface area contributed by atoms with Crippen molar-refractivity contribution in [3.8, 4) is 5.75 Å². The van der Waals surface area contributed by atoms with E-state index in [0.717, 1.165) is 16.7 Å². The number of anilines is 1. The number of carbonyl (C=O) groups is 1. The van der Waals surface area contributed by atoms with E-state index in [1.165, 1.54) is 0 Å². The average molecular weight is 267 g/mol. The van der Waals surface area contributed by atoms with Crippen molar-refractivity contribution in [2.45, 2.75) is 6.92 Å². The minimum absolute atomic E-state index is 0.505. The molecule has 1 amide bonds. The number of benzene rings is 2. The average Bonchev–Trinajstić information content (AvgIpc) is 2.79. The third-order valence-electron chi connectivity index (χ3n) is 2.84. The first-order valence-corrected chi connectivity index (χ1v) is 6.25. The summed E-state index contributed by atoms with van der Waals surface area (Å²) in [5, 5.41) is 3.63. The van der Waals surface area contributed by atoms with Crippen LogP contribution in [0, 0.1) is 6.92 Å². The molecule has 3 aromatic rings. The van der Waals surface area contributed by atoms with Gasteiger partial charge in [0, 0.05) is 11.1 Å². The summed E-state index contributed by atoms with van der Waals surface area (Å²) in [6.07, 6.45) is -0.518. The molecule has 0 saturated carbocycles. The molecule has 20 heavy (non-hydrogen) atoms. The van der Waals surface area contributed by atoms with Crippen molar-refractivity contribution in [2.75, 3.05) is 5.32 Å². The molecule has 1 aromatic heterocycles. The maximum Gasteiger partial charge on any atom is 0.417 e. The van der Waals surface area contributed by atoms with E-state index in [4.69, 9.17) is 9.15 Å². The Balaban J connectivity index is 1.74. The SMILES string of the molecule is Cc1cc2cc(NC(=O)Oc3ccccc3)ccc2o1. The van der Waals surface area contributed by atoms with Crippen LogP contribution >= 0.6 is 0 Å². The molecule has 100 valence electrons. The second-order valence-corrected chi connectivity index (χ2v) is 4.44. The Hall–Kier alpha value is -2.75. The summed E-state index contributed by atoms with van der Waals surface area (Å²) in [7, 11) is 0. The van der Waals surface area contributed by atoms with Crippen LogP contribution in [0.4, 0.5) is 10.5 Å². The maximum absolute atomic E-state index is 11.8. The first kappa shape index (κ1) is 12.3. The Labute approximate surface area is 116 Å². The molecule has 4 heteroatoms. The van der Waals surface area contributed by atoms with Crippen molar-refractivity contribution in [1.29, 1.82) is 0 Å². The zero-order valence-electron chi connectivity index (χ0n) is 10.9. The minimum atomic E-state index is -0.518. The zero-order chi connectivity index (χ0) is 13.9. The standard InChI is InChI=1S/C16H13NO3/c1-11-9-12-10-13(7-8-15(12)19-11)17-16(18)20-14-5-3-2-4-6-14/h2-10H,1H3,(H,17,18). The molecule has 0 fully saturated rings. The summed E-state index contributed by atoms with van der Waals surface area (Å²) < 4.78 is 10.6. The molecule has 0 saturated heterocycles. The number of hydrogen-bond donors (Lipinski definition) is 1. The number of fused-ring (bicyclic) bond motifs is 1. The fraction of sp³-hybridized carbons (Fsp3) is 0.0625. The second kappa shape index (κ2) is 5.09. The van der Waals surface area contributed by atoms with Crippen LogP contribution in [0.3, 0.4) is 0 Å². The number of rotatable bonds is 2. The monoisotopic (exact) mass is 267 g/mol. The molecule has 0 aliphatic carbocycles. The molecule has 0 spiro atoms. The Bertz CT molecular complexity index is 747. The molecule has 1 heterocycles. The largest absolute Gasteiger partial charge is 0.461 e. The summed E-state index contributed by atoms with van der Waals surface area (Å²) in [6, 6.07) is 16.3. The van der Waals surface area contributed by atoms with Gasteiger partial charge in [-0.25, -0.2) is 4.79 Å². The number of furan rings is 1. The van der Waals surface area contributed by atoms with Crippen molar-refractivity contribution < 1.29 is 13.9 Å². The van der Waals surface area contributed by atoms with Crippen LogP contribution in [-0.4, -0.2) is 6.09 Å². The highest BCUT2D eigenvalue weighted by atomic mass is 16.6. The van der Waals surface area contributed by atoms with Crippen molar-refractivity contribution in [3.05, 3.63) is 60.4 Å². The van der Waals surface area contributed by atoms with Crippen LogP contribution in [0.15, 0.2) is 59.0 Å². The van der Waals surface area contributed by atoms with Gasteiger partial charge in [-0.1, -0.05) is 18.2 Å². The number of para-hydroxylation sites is 1. The van der Waals surface area contributed by atoms with E-state index in [2.05, 4.69) is 5.32 Å². The number of amides is 1. The second-order valence-electron chi connectivity index (χ2n) is 4.44. The lowest BCUT2D eigenvalue weighted by Gasteiger charge is -2.06. The quantitative estimate of drug-likeness (QED) is 0.750. The highest BCUT2D eigenvalue weighted by Crippen LogP contribution is 2.22. The Morgan fingerprint density at radius 3 is 2.70 bits per heavy atom.